The van der Waals surface area contributed by atoms with E-state index in [1.165, 1.54) is 17.0 Å². The van der Waals surface area contributed by atoms with Gasteiger partial charge in [0, 0.05) is 19.1 Å². The molecule has 1 aromatic carbocycles. The first-order chi connectivity index (χ1) is 10.8. The third-order valence-corrected chi connectivity index (χ3v) is 3.50. The summed E-state index contributed by atoms with van der Waals surface area (Å²) in [4.78, 5) is 24.1. The standard InChI is InChI=1S/C15H17F3N2O3/c16-15(17,18)11-3-1-10(2-4-11)9-20(12-5-6-12)14(23)19-8-7-13(21)22/h1-4,12H,5-9H2,(H,19,23)(H,21,22). The van der Waals surface area contributed by atoms with Gasteiger partial charge in [-0.15, -0.1) is 0 Å². The molecule has 2 N–H and O–H groups in total. The fourth-order valence-corrected chi connectivity index (χ4v) is 2.13. The summed E-state index contributed by atoms with van der Waals surface area (Å²) in [5, 5.41) is 11.1. The monoisotopic (exact) mass is 330 g/mol. The van der Waals surface area contributed by atoms with Crippen LogP contribution in [0.2, 0.25) is 0 Å². The number of halogens is 3. The molecule has 0 heterocycles. The summed E-state index contributed by atoms with van der Waals surface area (Å²) >= 11 is 0. The summed E-state index contributed by atoms with van der Waals surface area (Å²) < 4.78 is 37.6. The summed E-state index contributed by atoms with van der Waals surface area (Å²) in [5.41, 5.74) is -0.136. The van der Waals surface area contributed by atoms with Crippen LogP contribution >= 0.6 is 0 Å². The Bertz CT molecular complexity index is 568. The SMILES string of the molecule is O=C(O)CCNC(=O)N(Cc1ccc(C(F)(F)F)cc1)C1CC1. The first-order valence-electron chi connectivity index (χ1n) is 7.20. The number of urea groups is 1. The topological polar surface area (TPSA) is 69.6 Å². The van der Waals surface area contributed by atoms with Crippen molar-refractivity contribution in [2.75, 3.05) is 6.54 Å². The average Bonchev–Trinajstić information content (AvgIpc) is 3.28. The first-order valence-corrected chi connectivity index (χ1v) is 7.20. The van der Waals surface area contributed by atoms with Crippen LogP contribution in [-0.2, 0) is 17.5 Å². The molecule has 1 fully saturated rings. The van der Waals surface area contributed by atoms with Crippen LogP contribution in [0.5, 0.6) is 0 Å². The molecule has 8 heteroatoms. The zero-order valence-corrected chi connectivity index (χ0v) is 12.3. The highest BCUT2D eigenvalue weighted by Gasteiger charge is 2.33. The normalized spacial score (nSPS) is 14.4. The zero-order chi connectivity index (χ0) is 17.0. The van der Waals surface area contributed by atoms with Gasteiger partial charge in [-0.2, -0.15) is 13.2 Å². The lowest BCUT2D eigenvalue weighted by Gasteiger charge is -2.23. The third-order valence-electron chi connectivity index (χ3n) is 3.50. The molecule has 0 bridgehead atoms. The highest BCUT2D eigenvalue weighted by atomic mass is 19.4. The van der Waals surface area contributed by atoms with E-state index in [1.54, 1.807) is 0 Å². The number of carboxylic acids is 1. The van der Waals surface area contributed by atoms with Crippen LogP contribution < -0.4 is 5.32 Å². The van der Waals surface area contributed by atoms with Gasteiger partial charge >= 0.3 is 18.2 Å². The van der Waals surface area contributed by atoms with Gasteiger partial charge < -0.3 is 15.3 Å². The van der Waals surface area contributed by atoms with Crippen LogP contribution in [0.4, 0.5) is 18.0 Å². The molecule has 126 valence electrons. The predicted octanol–water partition coefficient (Wildman–Crippen LogP) is 2.85. The van der Waals surface area contributed by atoms with Crippen molar-refractivity contribution in [3.05, 3.63) is 35.4 Å². The molecule has 23 heavy (non-hydrogen) atoms. The van der Waals surface area contributed by atoms with E-state index in [2.05, 4.69) is 5.32 Å². The van der Waals surface area contributed by atoms with E-state index in [1.807, 2.05) is 0 Å². The van der Waals surface area contributed by atoms with E-state index >= 15 is 0 Å². The number of nitrogens with zero attached hydrogens (tertiary/aromatic N) is 1. The van der Waals surface area contributed by atoms with Gasteiger partial charge in [0.1, 0.15) is 0 Å². The Balaban J connectivity index is 1.96. The summed E-state index contributed by atoms with van der Waals surface area (Å²) in [6.45, 7) is 0.214. The molecule has 0 aromatic heterocycles. The van der Waals surface area contributed by atoms with Crippen molar-refractivity contribution in [2.45, 2.75) is 38.0 Å². The quantitative estimate of drug-likeness (QED) is 0.843. The van der Waals surface area contributed by atoms with Crippen molar-refractivity contribution in [3.63, 3.8) is 0 Å². The van der Waals surface area contributed by atoms with E-state index in [0.717, 1.165) is 25.0 Å². The average molecular weight is 330 g/mol. The van der Waals surface area contributed by atoms with Crippen molar-refractivity contribution in [3.8, 4) is 0 Å². The first kappa shape index (κ1) is 17.1. The fraction of sp³-hybridized carbons (Fsp3) is 0.467. The molecule has 1 aliphatic rings. The molecule has 0 radical (unpaired) electrons. The van der Waals surface area contributed by atoms with Crippen LogP contribution in [0.15, 0.2) is 24.3 Å². The van der Waals surface area contributed by atoms with E-state index in [4.69, 9.17) is 5.11 Å². The van der Waals surface area contributed by atoms with Gasteiger partial charge in [-0.1, -0.05) is 12.1 Å². The van der Waals surface area contributed by atoms with Gasteiger partial charge in [0.2, 0.25) is 0 Å². The van der Waals surface area contributed by atoms with Crippen molar-refractivity contribution in [1.29, 1.82) is 0 Å². The molecule has 2 rings (SSSR count). The van der Waals surface area contributed by atoms with E-state index in [9.17, 15) is 22.8 Å². The Morgan fingerprint density at radius 1 is 1.22 bits per heavy atom. The lowest BCUT2D eigenvalue weighted by molar-refractivity contribution is -0.138. The molecule has 1 saturated carbocycles. The number of rotatable bonds is 6. The summed E-state index contributed by atoms with van der Waals surface area (Å²) in [6.07, 6.45) is -2.88. The number of aliphatic carboxylic acids is 1. The fourth-order valence-electron chi connectivity index (χ4n) is 2.13. The van der Waals surface area contributed by atoms with Gasteiger partial charge in [0.05, 0.1) is 12.0 Å². The molecule has 1 aliphatic carbocycles. The smallest absolute Gasteiger partial charge is 0.416 e. The number of carbonyl (C=O) groups excluding carboxylic acids is 1. The van der Waals surface area contributed by atoms with Crippen molar-refractivity contribution < 1.29 is 27.9 Å². The summed E-state index contributed by atoms with van der Waals surface area (Å²) in [6, 6.07) is 4.34. The number of benzene rings is 1. The summed E-state index contributed by atoms with van der Waals surface area (Å²) in [7, 11) is 0. The van der Waals surface area contributed by atoms with Crippen molar-refractivity contribution in [1.82, 2.24) is 10.2 Å². The molecule has 0 atom stereocenters. The van der Waals surface area contributed by atoms with Crippen LogP contribution in [0, 0.1) is 0 Å². The maximum absolute atomic E-state index is 12.5. The Morgan fingerprint density at radius 3 is 2.30 bits per heavy atom. The summed E-state index contributed by atoms with van der Waals surface area (Å²) in [5.74, 6) is -1.01. The lowest BCUT2D eigenvalue weighted by Crippen LogP contribution is -2.41. The van der Waals surface area contributed by atoms with Gasteiger partial charge in [0.15, 0.2) is 0 Å². The number of alkyl halides is 3. The molecular weight excluding hydrogens is 313 g/mol. The van der Waals surface area contributed by atoms with Crippen LogP contribution in [-0.4, -0.2) is 34.6 Å². The highest BCUT2D eigenvalue weighted by Crippen LogP contribution is 2.31. The Labute approximate surface area is 131 Å². The Hall–Kier alpha value is -2.25. The maximum atomic E-state index is 12.5. The van der Waals surface area contributed by atoms with Gasteiger partial charge in [0.25, 0.3) is 0 Å². The zero-order valence-electron chi connectivity index (χ0n) is 12.3. The van der Waals surface area contributed by atoms with Gasteiger partial charge in [-0.3, -0.25) is 4.79 Å². The molecule has 2 amide bonds. The molecule has 0 unspecified atom stereocenters. The Kier molecular flexibility index (Phi) is 5.12. The third kappa shape index (κ3) is 5.15. The van der Waals surface area contributed by atoms with Gasteiger partial charge in [-0.05, 0) is 30.5 Å². The predicted molar refractivity (Wildman–Crippen MR) is 75.7 cm³/mol. The molecule has 0 spiro atoms. The second-order valence-electron chi connectivity index (χ2n) is 5.43. The minimum Gasteiger partial charge on any atom is -0.481 e. The van der Waals surface area contributed by atoms with Gasteiger partial charge in [-0.25, -0.2) is 4.79 Å². The van der Waals surface area contributed by atoms with Crippen LogP contribution in [0.3, 0.4) is 0 Å². The van der Waals surface area contributed by atoms with Crippen LogP contribution in [0.1, 0.15) is 30.4 Å². The maximum Gasteiger partial charge on any atom is 0.416 e. The van der Waals surface area contributed by atoms with E-state index in [0.29, 0.717) is 5.56 Å². The number of hydrogen-bond acceptors (Lipinski definition) is 2. The van der Waals surface area contributed by atoms with Crippen molar-refractivity contribution in [2.24, 2.45) is 0 Å². The van der Waals surface area contributed by atoms with Crippen LogP contribution in [0.25, 0.3) is 0 Å². The minimum atomic E-state index is -4.39. The number of carboxylic acid groups (broad SMARTS) is 1. The number of nitrogens with one attached hydrogen (secondary N) is 1. The molecule has 5 nitrogen and oxygen atoms in total. The molecule has 1 aromatic rings. The Morgan fingerprint density at radius 2 is 1.83 bits per heavy atom. The highest BCUT2D eigenvalue weighted by molar-refractivity contribution is 5.76. The largest absolute Gasteiger partial charge is 0.481 e. The number of hydrogen-bond donors (Lipinski definition) is 2. The molecular formula is C15H17F3N2O3. The van der Waals surface area contributed by atoms with Crippen molar-refractivity contribution >= 4 is 12.0 Å². The lowest BCUT2D eigenvalue weighted by atomic mass is 10.1. The molecule has 0 saturated heterocycles. The van der Waals surface area contributed by atoms with E-state index < -0.39 is 23.7 Å². The molecule has 0 aliphatic heterocycles. The van der Waals surface area contributed by atoms with E-state index in [-0.39, 0.29) is 25.6 Å². The number of amides is 2. The second kappa shape index (κ2) is 6.89. The number of carbonyl (C=O) groups is 2. The minimum absolute atomic E-state index is 0.0183. The second-order valence-corrected chi connectivity index (χ2v) is 5.43.